The van der Waals surface area contributed by atoms with Gasteiger partial charge in [-0.05, 0) is 18.4 Å². The summed E-state index contributed by atoms with van der Waals surface area (Å²) in [5, 5.41) is 0. The molecule has 2 fully saturated rings. The Morgan fingerprint density at radius 1 is 1.17 bits per heavy atom. The van der Waals surface area contributed by atoms with Gasteiger partial charge in [-0.25, -0.2) is 4.98 Å². The van der Waals surface area contributed by atoms with Gasteiger partial charge in [-0.3, -0.25) is 9.69 Å². The Morgan fingerprint density at radius 3 is 2.86 bits per heavy atom. The highest BCUT2D eigenvalue weighted by molar-refractivity contribution is 5.36. The third-order valence-corrected chi connectivity index (χ3v) is 6.29. The monoisotopic (exact) mass is 397 g/mol. The van der Waals surface area contributed by atoms with Crippen LogP contribution in [-0.2, 0) is 17.8 Å². The predicted molar refractivity (Wildman–Crippen MR) is 108 cm³/mol. The van der Waals surface area contributed by atoms with E-state index in [2.05, 4.69) is 25.8 Å². The third-order valence-electron chi connectivity index (χ3n) is 6.29. The van der Waals surface area contributed by atoms with Gasteiger partial charge in [0.1, 0.15) is 0 Å². The minimum absolute atomic E-state index is 0.176. The van der Waals surface area contributed by atoms with Gasteiger partial charge in [0, 0.05) is 68.7 Å². The smallest absolute Gasteiger partial charge is 0.255 e. The van der Waals surface area contributed by atoms with E-state index in [4.69, 9.17) is 9.47 Å². The highest BCUT2D eigenvalue weighted by Crippen LogP contribution is 2.36. The number of pyridine rings is 1. The Morgan fingerprint density at radius 2 is 2.03 bits per heavy atom. The van der Waals surface area contributed by atoms with Crippen LogP contribution < -0.4 is 15.2 Å². The summed E-state index contributed by atoms with van der Waals surface area (Å²) >= 11 is 0. The van der Waals surface area contributed by atoms with Gasteiger partial charge in [0.25, 0.3) is 5.56 Å². The topological polar surface area (TPSA) is 72.7 Å². The van der Waals surface area contributed by atoms with Gasteiger partial charge in [-0.1, -0.05) is 6.07 Å². The van der Waals surface area contributed by atoms with Crippen molar-refractivity contribution >= 4 is 5.95 Å². The second-order valence-electron chi connectivity index (χ2n) is 8.19. The van der Waals surface area contributed by atoms with E-state index in [1.807, 2.05) is 10.6 Å². The molecule has 2 saturated heterocycles. The van der Waals surface area contributed by atoms with Gasteiger partial charge in [-0.15, -0.1) is 0 Å². The lowest BCUT2D eigenvalue weighted by atomic mass is 9.83. The molecule has 0 amide bonds. The summed E-state index contributed by atoms with van der Waals surface area (Å²) in [6.45, 7) is 6.44. The molecule has 0 unspecified atom stereocenters. The Bertz CT molecular complexity index is 940. The molecule has 8 nitrogen and oxygen atoms in total. The van der Waals surface area contributed by atoms with Crippen molar-refractivity contribution < 1.29 is 9.47 Å². The van der Waals surface area contributed by atoms with Crippen LogP contribution in [0.3, 0.4) is 0 Å². The minimum Gasteiger partial charge on any atom is -0.481 e. The molecular formula is C21H27N5O3. The molecule has 0 aliphatic carbocycles. The summed E-state index contributed by atoms with van der Waals surface area (Å²) in [5.74, 6) is 2.03. The first-order valence-corrected chi connectivity index (χ1v) is 10.4. The lowest BCUT2D eigenvalue weighted by molar-refractivity contribution is 0.0339. The molecule has 29 heavy (non-hydrogen) atoms. The van der Waals surface area contributed by atoms with Crippen LogP contribution in [0.1, 0.15) is 23.6 Å². The summed E-state index contributed by atoms with van der Waals surface area (Å²) in [4.78, 5) is 26.7. The van der Waals surface area contributed by atoms with Crippen molar-refractivity contribution in [2.45, 2.75) is 25.4 Å². The summed E-state index contributed by atoms with van der Waals surface area (Å²) in [6, 6.07) is 5.96. The van der Waals surface area contributed by atoms with Gasteiger partial charge >= 0.3 is 0 Å². The molecule has 2 bridgehead atoms. The Labute approximate surface area is 170 Å². The van der Waals surface area contributed by atoms with E-state index in [0.717, 1.165) is 63.6 Å². The Kier molecular flexibility index (Phi) is 4.97. The normalized spacial score (nSPS) is 24.2. The number of hydrogen-bond acceptors (Lipinski definition) is 7. The van der Waals surface area contributed by atoms with Gasteiger partial charge < -0.3 is 18.9 Å². The molecule has 0 saturated carbocycles. The summed E-state index contributed by atoms with van der Waals surface area (Å²) in [5.41, 5.74) is 2.21. The fourth-order valence-electron chi connectivity index (χ4n) is 4.87. The fraction of sp³-hybridized carbons (Fsp3) is 0.571. The molecule has 0 radical (unpaired) electrons. The van der Waals surface area contributed by atoms with Gasteiger partial charge in [0.2, 0.25) is 11.8 Å². The highest BCUT2D eigenvalue weighted by atomic mass is 16.5. The first-order valence-electron chi connectivity index (χ1n) is 10.4. The van der Waals surface area contributed by atoms with E-state index in [0.29, 0.717) is 30.2 Å². The zero-order chi connectivity index (χ0) is 19.8. The lowest BCUT2D eigenvalue weighted by Gasteiger charge is -2.43. The van der Waals surface area contributed by atoms with Crippen molar-refractivity contribution in [3.05, 3.63) is 46.0 Å². The van der Waals surface area contributed by atoms with Crippen molar-refractivity contribution in [2.24, 2.45) is 5.92 Å². The number of ether oxygens (including phenoxy) is 2. The number of morpholine rings is 1. The Balaban J connectivity index is 1.39. The number of methoxy groups -OCH3 is 1. The highest BCUT2D eigenvalue weighted by Gasteiger charge is 2.36. The van der Waals surface area contributed by atoms with Crippen LogP contribution in [0.4, 0.5) is 5.95 Å². The predicted octanol–water partition coefficient (Wildman–Crippen LogP) is 1.10. The zero-order valence-corrected chi connectivity index (χ0v) is 16.8. The van der Waals surface area contributed by atoms with Crippen LogP contribution in [0.15, 0.2) is 29.2 Å². The van der Waals surface area contributed by atoms with E-state index in [1.165, 1.54) is 0 Å². The van der Waals surface area contributed by atoms with Crippen LogP contribution in [-0.4, -0.2) is 65.9 Å². The molecule has 0 aromatic carbocycles. The molecule has 5 rings (SSSR count). The van der Waals surface area contributed by atoms with Gasteiger partial charge in [0.15, 0.2) is 0 Å². The van der Waals surface area contributed by atoms with Crippen LogP contribution in [0.2, 0.25) is 0 Å². The number of rotatable bonds is 4. The maximum Gasteiger partial charge on any atom is 0.255 e. The van der Waals surface area contributed by atoms with Crippen molar-refractivity contribution in [3.8, 4) is 5.88 Å². The number of fused-ring (bicyclic) bond motifs is 4. The first-order chi connectivity index (χ1) is 14.2. The first kappa shape index (κ1) is 18.6. The number of piperidine rings is 1. The fourth-order valence-corrected chi connectivity index (χ4v) is 4.87. The van der Waals surface area contributed by atoms with Crippen molar-refractivity contribution in [1.82, 2.24) is 19.4 Å². The third kappa shape index (κ3) is 3.62. The molecule has 0 spiro atoms. The second kappa shape index (κ2) is 7.76. The largest absolute Gasteiger partial charge is 0.481 e. The van der Waals surface area contributed by atoms with Crippen LogP contribution in [0.5, 0.6) is 5.88 Å². The molecule has 5 heterocycles. The van der Waals surface area contributed by atoms with E-state index < -0.39 is 0 Å². The molecule has 2 atom stereocenters. The standard InChI is InChI=1S/C21H27N5O3/c1-28-19-4-5-22-21(23-19)25-11-15-10-17(14-25)18-3-2-16(20(27)26(18)12-15)13-24-6-8-29-9-7-24/h2-5,15,17H,6-14H2,1H3/t15-,17+/m0/s1. The molecular weight excluding hydrogens is 370 g/mol. The SMILES string of the molecule is COc1ccnc(N2C[C@@H]3C[C@H](C2)c2ccc(CN4CCOCC4)c(=O)n2C3)n1. The van der Waals surface area contributed by atoms with Crippen molar-refractivity contribution in [2.75, 3.05) is 51.4 Å². The van der Waals surface area contributed by atoms with Crippen molar-refractivity contribution in [1.29, 1.82) is 0 Å². The molecule has 154 valence electrons. The van der Waals surface area contributed by atoms with Crippen LogP contribution in [0, 0.1) is 5.92 Å². The van der Waals surface area contributed by atoms with Crippen LogP contribution >= 0.6 is 0 Å². The quantitative estimate of drug-likeness (QED) is 0.765. The molecule has 3 aliphatic heterocycles. The molecule has 2 aromatic heterocycles. The van der Waals surface area contributed by atoms with E-state index >= 15 is 0 Å². The van der Waals surface area contributed by atoms with Gasteiger partial charge in [-0.2, -0.15) is 4.98 Å². The average Bonchev–Trinajstić information content (AvgIpc) is 2.77. The molecule has 3 aliphatic rings. The molecule has 2 aromatic rings. The average molecular weight is 397 g/mol. The van der Waals surface area contributed by atoms with Crippen molar-refractivity contribution in [3.63, 3.8) is 0 Å². The lowest BCUT2D eigenvalue weighted by Crippen LogP contribution is -2.48. The Hall–Kier alpha value is -2.45. The molecule has 0 N–H and O–H groups in total. The zero-order valence-electron chi connectivity index (χ0n) is 16.8. The van der Waals surface area contributed by atoms with E-state index in [1.54, 1.807) is 19.4 Å². The number of anilines is 1. The number of hydrogen-bond donors (Lipinski definition) is 0. The summed E-state index contributed by atoms with van der Waals surface area (Å²) < 4.78 is 12.7. The maximum absolute atomic E-state index is 13.2. The summed E-state index contributed by atoms with van der Waals surface area (Å²) in [7, 11) is 1.62. The second-order valence-corrected chi connectivity index (χ2v) is 8.19. The minimum atomic E-state index is 0.176. The summed E-state index contributed by atoms with van der Waals surface area (Å²) in [6.07, 6.45) is 2.85. The van der Waals surface area contributed by atoms with Gasteiger partial charge in [0.05, 0.1) is 20.3 Å². The number of nitrogens with zero attached hydrogens (tertiary/aromatic N) is 5. The van der Waals surface area contributed by atoms with E-state index in [-0.39, 0.29) is 5.56 Å². The maximum atomic E-state index is 13.2. The number of aromatic nitrogens is 3. The molecule has 8 heteroatoms. The van der Waals surface area contributed by atoms with Crippen LogP contribution in [0.25, 0.3) is 0 Å². The van der Waals surface area contributed by atoms with E-state index in [9.17, 15) is 4.79 Å².